The Morgan fingerprint density at radius 1 is 1.43 bits per heavy atom. The van der Waals surface area contributed by atoms with Crippen LogP contribution in [0, 0.1) is 0 Å². The summed E-state index contributed by atoms with van der Waals surface area (Å²) in [5, 5.41) is 3.09. The standard InChI is InChI=1S/C16H14BrClN2O3/c17-11-2-1-3-12(7-11)20-15(21)10-6-14(18)16(19-8-10)23-13-4-5-22-9-13/h1-3,6-8,13H,4-5,9H2,(H,20,21)/t13-/m0/s1. The number of carbonyl (C=O) groups is 1. The van der Waals surface area contributed by atoms with Gasteiger partial charge in [-0.1, -0.05) is 33.6 Å². The molecular weight excluding hydrogens is 384 g/mol. The molecule has 1 aliphatic rings. The molecule has 1 saturated heterocycles. The number of anilines is 1. The number of carbonyl (C=O) groups excluding carboxylic acids is 1. The molecule has 0 aliphatic carbocycles. The van der Waals surface area contributed by atoms with E-state index in [1.54, 1.807) is 12.1 Å². The van der Waals surface area contributed by atoms with E-state index in [2.05, 4.69) is 26.2 Å². The fourth-order valence-corrected chi connectivity index (χ4v) is 2.78. The Balaban J connectivity index is 1.70. The first-order chi connectivity index (χ1) is 11.1. The monoisotopic (exact) mass is 396 g/mol. The summed E-state index contributed by atoms with van der Waals surface area (Å²) in [5.74, 6) is 0.0365. The van der Waals surface area contributed by atoms with Crippen LogP contribution >= 0.6 is 27.5 Å². The van der Waals surface area contributed by atoms with Crippen LogP contribution in [0.3, 0.4) is 0 Å². The number of nitrogens with zero attached hydrogens (tertiary/aromatic N) is 1. The van der Waals surface area contributed by atoms with Gasteiger partial charge >= 0.3 is 0 Å². The van der Waals surface area contributed by atoms with Gasteiger partial charge in [0.2, 0.25) is 5.88 Å². The minimum Gasteiger partial charge on any atom is -0.471 e. The third kappa shape index (κ3) is 4.22. The highest BCUT2D eigenvalue weighted by atomic mass is 79.9. The lowest BCUT2D eigenvalue weighted by atomic mass is 10.2. The van der Waals surface area contributed by atoms with E-state index in [0.717, 1.165) is 10.9 Å². The SMILES string of the molecule is O=C(Nc1cccc(Br)c1)c1cnc(O[C@H]2CCOC2)c(Cl)c1. The molecule has 1 aliphatic heterocycles. The van der Waals surface area contributed by atoms with Crippen LogP contribution in [-0.2, 0) is 4.74 Å². The van der Waals surface area contributed by atoms with Gasteiger partial charge in [0.1, 0.15) is 11.1 Å². The van der Waals surface area contributed by atoms with E-state index in [4.69, 9.17) is 21.1 Å². The summed E-state index contributed by atoms with van der Waals surface area (Å²) in [4.78, 5) is 16.4. The summed E-state index contributed by atoms with van der Waals surface area (Å²) in [5.41, 5.74) is 1.05. The second-order valence-electron chi connectivity index (χ2n) is 5.08. The summed E-state index contributed by atoms with van der Waals surface area (Å²) >= 11 is 9.52. The molecule has 23 heavy (non-hydrogen) atoms. The Bertz CT molecular complexity index is 720. The van der Waals surface area contributed by atoms with Gasteiger partial charge < -0.3 is 14.8 Å². The highest BCUT2D eigenvalue weighted by Gasteiger charge is 2.20. The first kappa shape index (κ1) is 16.2. The molecule has 3 rings (SSSR count). The predicted octanol–water partition coefficient (Wildman–Crippen LogP) is 3.92. The van der Waals surface area contributed by atoms with Gasteiger partial charge in [-0.25, -0.2) is 4.98 Å². The molecular formula is C16H14BrClN2O3. The zero-order valence-corrected chi connectivity index (χ0v) is 14.4. The van der Waals surface area contributed by atoms with E-state index in [-0.39, 0.29) is 12.0 Å². The maximum absolute atomic E-state index is 12.2. The summed E-state index contributed by atoms with van der Waals surface area (Å²) < 4.78 is 11.8. The summed E-state index contributed by atoms with van der Waals surface area (Å²) in [6.45, 7) is 1.21. The lowest BCUT2D eigenvalue weighted by Crippen LogP contribution is -2.17. The van der Waals surface area contributed by atoms with Crippen LogP contribution in [0.1, 0.15) is 16.8 Å². The Kier molecular flexibility index (Phi) is 5.15. The van der Waals surface area contributed by atoms with Crippen LogP contribution in [0.2, 0.25) is 5.02 Å². The van der Waals surface area contributed by atoms with Crippen LogP contribution in [0.5, 0.6) is 5.88 Å². The van der Waals surface area contributed by atoms with Gasteiger partial charge in [0.15, 0.2) is 0 Å². The van der Waals surface area contributed by atoms with E-state index in [9.17, 15) is 4.79 Å². The third-order valence-electron chi connectivity index (χ3n) is 3.32. The average Bonchev–Trinajstić information content (AvgIpc) is 3.02. The number of pyridine rings is 1. The molecule has 120 valence electrons. The number of rotatable bonds is 4. The highest BCUT2D eigenvalue weighted by Crippen LogP contribution is 2.25. The van der Waals surface area contributed by atoms with E-state index >= 15 is 0 Å². The van der Waals surface area contributed by atoms with Crippen molar-refractivity contribution in [3.8, 4) is 5.88 Å². The molecule has 2 heterocycles. The Labute approximate surface area is 147 Å². The number of aromatic nitrogens is 1. The fourth-order valence-electron chi connectivity index (χ4n) is 2.17. The predicted molar refractivity (Wildman–Crippen MR) is 91.2 cm³/mol. The topological polar surface area (TPSA) is 60.5 Å². The first-order valence-corrected chi connectivity index (χ1v) is 8.26. The lowest BCUT2D eigenvalue weighted by molar-refractivity contribution is 0.102. The lowest BCUT2D eigenvalue weighted by Gasteiger charge is -2.12. The largest absolute Gasteiger partial charge is 0.471 e. The zero-order valence-electron chi connectivity index (χ0n) is 12.1. The van der Waals surface area contributed by atoms with Crippen LogP contribution in [0.4, 0.5) is 5.69 Å². The van der Waals surface area contributed by atoms with E-state index in [1.807, 2.05) is 18.2 Å². The van der Waals surface area contributed by atoms with Crippen LogP contribution < -0.4 is 10.1 Å². The Morgan fingerprint density at radius 2 is 2.30 bits per heavy atom. The Morgan fingerprint density at radius 3 is 3.00 bits per heavy atom. The zero-order chi connectivity index (χ0) is 16.2. The second kappa shape index (κ2) is 7.29. The van der Waals surface area contributed by atoms with E-state index in [1.165, 1.54) is 6.20 Å². The van der Waals surface area contributed by atoms with Crippen molar-refractivity contribution < 1.29 is 14.3 Å². The molecule has 0 unspecified atom stereocenters. The molecule has 0 bridgehead atoms. The molecule has 7 heteroatoms. The van der Waals surface area contributed by atoms with Gasteiger partial charge in [-0.3, -0.25) is 4.79 Å². The number of benzene rings is 1. The molecule has 1 aromatic carbocycles. The first-order valence-electron chi connectivity index (χ1n) is 7.08. The van der Waals surface area contributed by atoms with Crippen molar-refractivity contribution in [3.05, 3.63) is 51.6 Å². The Hall–Kier alpha value is -1.63. The van der Waals surface area contributed by atoms with Gasteiger partial charge in [0.05, 0.1) is 18.8 Å². The third-order valence-corrected chi connectivity index (χ3v) is 4.08. The summed E-state index contributed by atoms with van der Waals surface area (Å²) in [6.07, 6.45) is 2.22. The number of amides is 1. The van der Waals surface area contributed by atoms with Crippen LogP contribution in [0.15, 0.2) is 41.0 Å². The maximum Gasteiger partial charge on any atom is 0.257 e. The van der Waals surface area contributed by atoms with E-state index in [0.29, 0.717) is 35.4 Å². The molecule has 0 saturated carbocycles. The number of ether oxygens (including phenoxy) is 2. The van der Waals surface area contributed by atoms with Crippen molar-refractivity contribution >= 4 is 39.1 Å². The van der Waals surface area contributed by atoms with Crippen molar-refractivity contribution in [2.45, 2.75) is 12.5 Å². The number of hydrogen-bond acceptors (Lipinski definition) is 4. The smallest absolute Gasteiger partial charge is 0.257 e. The molecule has 2 aromatic rings. The van der Waals surface area contributed by atoms with Gasteiger partial charge in [-0.2, -0.15) is 0 Å². The molecule has 1 amide bonds. The molecule has 0 radical (unpaired) electrons. The summed E-state index contributed by atoms with van der Waals surface area (Å²) in [7, 11) is 0. The molecule has 1 fully saturated rings. The molecule has 1 aromatic heterocycles. The van der Waals surface area contributed by atoms with Crippen molar-refractivity contribution in [1.29, 1.82) is 0 Å². The number of nitrogens with one attached hydrogen (secondary N) is 1. The fraction of sp³-hybridized carbons (Fsp3) is 0.250. The quantitative estimate of drug-likeness (QED) is 0.849. The molecule has 5 nitrogen and oxygen atoms in total. The van der Waals surface area contributed by atoms with Crippen molar-refractivity contribution in [2.24, 2.45) is 0 Å². The van der Waals surface area contributed by atoms with Gasteiger partial charge in [0, 0.05) is 22.8 Å². The van der Waals surface area contributed by atoms with Crippen molar-refractivity contribution in [2.75, 3.05) is 18.5 Å². The van der Waals surface area contributed by atoms with Crippen molar-refractivity contribution in [3.63, 3.8) is 0 Å². The number of halogens is 2. The van der Waals surface area contributed by atoms with E-state index < -0.39 is 0 Å². The average molecular weight is 398 g/mol. The molecule has 1 atom stereocenters. The maximum atomic E-state index is 12.2. The normalized spacial score (nSPS) is 17.0. The highest BCUT2D eigenvalue weighted by molar-refractivity contribution is 9.10. The second-order valence-corrected chi connectivity index (χ2v) is 6.40. The van der Waals surface area contributed by atoms with Gasteiger partial charge in [-0.15, -0.1) is 0 Å². The van der Waals surface area contributed by atoms with Crippen LogP contribution in [-0.4, -0.2) is 30.2 Å². The molecule has 1 N–H and O–H groups in total. The van der Waals surface area contributed by atoms with Gasteiger partial charge in [-0.05, 0) is 24.3 Å². The minimum atomic E-state index is -0.284. The summed E-state index contributed by atoms with van der Waals surface area (Å²) in [6, 6.07) is 8.88. The number of hydrogen-bond donors (Lipinski definition) is 1. The van der Waals surface area contributed by atoms with Gasteiger partial charge in [0.25, 0.3) is 5.91 Å². The van der Waals surface area contributed by atoms with Crippen LogP contribution in [0.25, 0.3) is 0 Å². The minimum absolute atomic E-state index is 0.0404. The molecule has 0 spiro atoms. The van der Waals surface area contributed by atoms with Crippen molar-refractivity contribution in [1.82, 2.24) is 4.98 Å².